The van der Waals surface area contributed by atoms with Crippen LogP contribution in [0.3, 0.4) is 0 Å². The first-order valence-corrected chi connectivity index (χ1v) is 7.45. The molecule has 0 spiro atoms. The molecule has 3 rings (SSSR count). The minimum Gasteiger partial charge on any atom is -0.449 e. The smallest absolute Gasteiger partial charge is 0.420 e. The van der Waals surface area contributed by atoms with Gasteiger partial charge in [0.1, 0.15) is 17.2 Å². The predicted molar refractivity (Wildman–Crippen MR) is 82.8 cm³/mol. The molecule has 1 aromatic carbocycles. The van der Waals surface area contributed by atoms with E-state index in [1.807, 2.05) is 13.8 Å². The monoisotopic (exact) mass is 312 g/mol. The number of benzene rings is 1. The van der Waals surface area contributed by atoms with Crippen LogP contribution in [0.25, 0.3) is 11.3 Å². The second kappa shape index (κ2) is 5.46. The lowest BCUT2D eigenvalue weighted by molar-refractivity contribution is 0.0808. The summed E-state index contributed by atoms with van der Waals surface area (Å²) in [6.45, 7) is 5.57. The van der Waals surface area contributed by atoms with Gasteiger partial charge in [-0.15, -0.1) is 0 Å². The molecule has 0 amide bonds. The third kappa shape index (κ3) is 2.18. The summed E-state index contributed by atoms with van der Waals surface area (Å²) >= 11 is 0. The van der Waals surface area contributed by atoms with E-state index in [0.717, 1.165) is 4.57 Å². The van der Waals surface area contributed by atoms with Crippen LogP contribution in [0.15, 0.2) is 24.3 Å². The third-order valence-corrected chi connectivity index (χ3v) is 3.72. The maximum absolute atomic E-state index is 12.5. The number of imidazole rings is 1. The van der Waals surface area contributed by atoms with Crippen LogP contribution >= 0.6 is 0 Å². The standard InChI is InChI=1S/C17H16N2O4/c1-4-23-17(22)19-13-12(18-16(19)9(2)3)10-7-5-6-8-11(10)14(20)15(13)21/h5-9H,4H2,1-3H3. The minimum absolute atomic E-state index is 0.00384. The summed E-state index contributed by atoms with van der Waals surface area (Å²) in [4.78, 5) is 41.6. The molecular formula is C17H16N2O4. The first-order valence-electron chi connectivity index (χ1n) is 7.45. The molecule has 0 atom stereocenters. The van der Waals surface area contributed by atoms with E-state index in [9.17, 15) is 14.4 Å². The summed E-state index contributed by atoms with van der Waals surface area (Å²) in [6.07, 6.45) is -0.689. The molecule has 0 aliphatic heterocycles. The van der Waals surface area contributed by atoms with Gasteiger partial charge in [-0.2, -0.15) is 0 Å². The van der Waals surface area contributed by atoms with E-state index in [-0.39, 0.29) is 18.2 Å². The SMILES string of the molecule is CCOC(=O)n1c(C(C)C)nc2c1C(=O)C(=O)c1ccccc1-2. The fourth-order valence-corrected chi connectivity index (χ4v) is 2.71. The number of hydrogen-bond acceptors (Lipinski definition) is 5. The van der Waals surface area contributed by atoms with Crippen LogP contribution in [0.1, 0.15) is 53.4 Å². The van der Waals surface area contributed by atoms with Gasteiger partial charge < -0.3 is 4.74 Å². The Morgan fingerprint density at radius 2 is 1.83 bits per heavy atom. The molecule has 1 aliphatic rings. The first-order chi connectivity index (χ1) is 11.0. The molecular weight excluding hydrogens is 296 g/mol. The molecule has 0 saturated carbocycles. The summed E-state index contributed by atoms with van der Waals surface area (Å²) in [6, 6.07) is 6.78. The predicted octanol–water partition coefficient (Wildman–Crippen LogP) is 3.06. The van der Waals surface area contributed by atoms with E-state index in [1.165, 1.54) is 0 Å². The van der Waals surface area contributed by atoms with E-state index in [2.05, 4.69) is 4.98 Å². The zero-order valence-electron chi connectivity index (χ0n) is 13.1. The van der Waals surface area contributed by atoms with Crippen molar-refractivity contribution in [3.8, 4) is 11.3 Å². The number of carbonyl (C=O) groups is 3. The van der Waals surface area contributed by atoms with Gasteiger partial charge in [-0.1, -0.05) is 38.1 Å². The van der Waals surface area contributed by atoms with E-state index in [1.54, 1.807) is 31.2 Å². The highest BCUT2D eigenvalue weighted by molar-refractivity contribution is 6.52. The fourth-order valence-electron chi connectivity index (χ4n) is 2.71. The molecule has 1 aliphatic carbocycles. The number of rotatable bonds is 2. The Hall–Kier alpha value is -2.76. The number of aromatic nitrogens is 2. The lowest BCUT2D eigenvalue weighted by atomic mass is 9.90. The average molecular weight is 312 g/mol. The van der Waals surface area contributed by atoms with Gasteiger partial charge in [-0.25, -0.2) is 14.3 Å². The number of fused-ring (bicyclic) bond motifs is 3. The molecule has 0 saturated heterocycles. The highest BCUT2D eigenvalue weighted by Crippen LogP contribution is 2.35. The molecule has 0 radical (unpaired) electrons. The Kier molecular flexibility index (Phi) is 3.60. The lowest BCUT2D eigenvalue weighted by Gasteiger charge is -2.15. The molecule has 0 N–H and O–H groups in total. The van der Waals surface area contributed by atoms with Crippen LogP contribution in [0.4, 0.5) is 4.79 Å². The number of carbonyl (C=O) groups excluding carboxylic acids is 3. The van der Waals surface area contributed by atoms with Gasteiger partial charge in [0.25, 0.3) is 5.78 Å². The van der Waals surface area contributed by atoms with E-state index >= 15 is 0 Å². The van der Waals surface area contributed by atoms with Crippen molar-refractivity contribution >= 4 is 17.7 Å². The van der Waals surface area contributed by atoms with Crippen LogP contribution in [0, 0.1) is 0 Å². The van der Waals surface area contributed by atoms with Crippen molar-refractivity contribution in [3.05, 3.63) is 41.3 Å². The van der Waals surface area contributed by atoms with Gasteiger partial charge in [0.2, 0.25) is 5.78 Å². The molecule has 6 nitrogen and oxygen atoms in total. The van der Waals surface area contributed by atoms with Crippen molar-refractivity contribution in [2.45, 2.75) is 26.7 Å². The molecule has 2 aromatic rings. The maximum Gasteiger partial charge on any atom is 0.420 e. The number of nitrogens with zero attached hydrogens (tertiary/aromatic N) is 2. The zero-order chi connectivity index (χ0) is 16.7. The van der Waals surface area contributed by atoms with Crippen molar-refractivity contribution in [2.24, 2.45) is 0 Å². The second-order valence-electron chi connectivity index (χ2n) is 5.56. The van der Waals surface area contributed by atoms with Gasteiger partial charge >= 0.3 is 6.09 Å². The second-order valence-corrected chi connectivity index (χ2v) is 5.56. The van der Waals surface area contributed by atoms with Crippen molar-refractivity contribution in [3.63, 3.8) is 0 Å². The third-order valence-electron chi connectivity index (χ3n) is 3.72. The van der Waals surface area contributed by atoms with Gasteiger partial charge in [0, 0.05) is 17.0 Å². The van der Waals surface area contributed by atoms with E-state index < -0.39 is 17.7 Å². The molecule has 6 heteroatoms. The van der Waals surface area contributed by atoms with Gasteiger partial charge in [-0.05, 0) is 6.92 Å². The van der Waals surface area contributed by atoms with Crippen LogP contribution in [0.5, 0.6) is 0 Å². The number of ketones is 2. The summed E-state index contributed by atoms with van der Waals surface area (Å²) in [5, 5.41) is 0. The normalized spacial score (nSPS) is 13.0. The van der Waals surface area contributed by atoms with Crippen molar-refractivity contribution in [1.82, 2.24) is 9.55 Å². The molecule has 1 aromatic heterocycles. The van der Waals surface area contributed by atoms with Crippen LogP contribution in [0.2, 0.25) is 0 Å². The van der Waals surface area contributed by atoms with E-state index in [4.69, 9.17) is 4.74 Å². The Morgan fingerprint density at radius 1 is 1.17 bits per heavy atom. The van der Waals surface area contributed by atoms with Crippen LogP contribution in [-0.4, -0.2) is 33.8 Å². The molecule has 1 heterocycles. The molecule has 23 heavy (non-hydrogen) atoms. The first kappa shape index (κ1) is 15.1. The zero-order valence-corrected chi connectivity index (χ0v) is 13.1. The summed E-state index contributed by atoms with van der Waals surface area (Å²) in [5.74, 6) is -1.06. The molecule has 0 bridgehead atoms. The Labute approximate surface area is 133 Å². The largest absolute Gasteiger partial charge is 0.449 e. The Bertz CT molecular complexity index is 833. The fraction of sp³-hybridized carbons (Fsp3) is 0.294. The average Bonchev–Trinajstić information content (AvgIpc) is 2.94. The summed E-state index contributed by atoms with van der Waals surface area (Å²) < 4.78 is 6.17. The summed E-state index contributed by atoms with van der Waals surface area (Å²) in [7, 11) is 0. The topological polar surface area (TPSA) is 78.3 Å². The van der Waals surface area contributed by atoms with Crippen molar-refractivity contribution < 1.29 is 19.1 Å². The summed E-state index contributed by atoms with van der Waals surface area (Å²) in [5.41, 5.74) is 1.24. The van der Waals surface area contributed by atoms with Crippen LogP contribution < -0.4 is 0 Å². The van der Waals surface area contributed by atoms with Crippen molar-refractivity contribution in [1.29, 1.82) is 0 Å². The molecule has 118 valence electrons. The van der Waals surface area contributed by atoms with E-state index in [0.29, 0.717) is 22.6 Å². The maximum atomic E-state index is 12.5. The highest BCUT2D eigenvalue weighted by Gasteiger charge is 2.38. The molecule has 0 unspecified atom stereocenters. The Balaban J connectivity index is 2.34. The number of hydrogen-bond donors (Lipinski definition) is 0. The van der Waals surface area contributed by atoms with Crippen molar-refractivity contribution in [2.75, 3.05) is 6.61 Å². The number of Topliss-reactive ketones (excluding diaryl/α,β-unsaturated/α-hetero) is 2. The van der Waals surface area contributed by atoms with Crippen LogP contribution in [-0.2, 0) is 4.74 Å². The van der Waals surface area contributed by atoms with Gasteiger partial charge in [0.05, 0.1) is 6.61 Å². The lowest BCUT2D eigenvalue weighted by Crippen LogP contribution is -2.28. The molecule has 0 fully saturated rings. The Morgan fingerprint density at radius 3 is 2.43 bits per heavy atom. The van der Waals surface area contributed by atoms with Gasteiger partial charge in [0.15, 0.2) is 0 Å². The minimum atomic E-state index is -0.730. The van der Waals surface area contributed by atoms with Gasteiger partial charge in [-0.3, -0.25) is 9.59 Å². The number of ether oxygens (including phenoxy) is 1. The quantitative estimate of drug-likeness (QED) is 0.796. The highest BCUT2D eigenvalue weighted by atomic mass is 16.5.